The molecule has 8 N–H and O–H groups in total. The van der Waals surface area contributed by atoms with Crippen LogP contribution in [-0.4, -0.2) is 52.6 Å². The molecule has 11 nitrogen and oxygen atoms in total. The second-order valence-corrected chi connectivity index (χ2v) is 6.94. The van der Waals surface area contributed by atoms with Gasteiger partial charge in [0.15, 0.2) is 0 Å². The van der Waals surface area contributed by atoms with Gasteiger partial charge in [-0.25, -0.2) is 9.13 Å². The van der Waals surface area contributed by atoms with E-state index >= 15 is 0 Å². The molecular weight excluding hydrogens is 326 g/mol. The maximum absolute atomic E-state index is 12.3. The minimum absolute atomic E-state index is 0.0525. The molecule has 0 aliphatic rings. The van der Waals surface area contributed by atoms with Gasteiger partial charge in [0.1, 0.15) is 0 Å². The Hall–Kier alpha value is 0.1000. The van der Waals surface area contributed by atoms with Crippen molar-refractivity contribution in [3.63, 3.8) is 0 Å². The number of rotatable bonds is 14. The fraction of sp³-hybridized carbons (Fsp3) is 1.00. The van der Waals surface area contributed by atoms with Crippen LogP contribution in [0.5, 0.6) is 0 Å². The van der Waals surface area contributed by atoms with Gasteiger partial charge in [0.05, 0.1) is 26.4 Å². The highest BCUT2D eigenvalue weighted by atomic mass is 31.3. The highest BCUT2D eigenvalue weighted by molar-refractivity contribution is 7.62. The Morgan fingerprint density at radius 1 is 0.571 bits per heavy atom. The summed E-state index contributed by atoms with van der Waals surface area (Å²) in [6.45, 7) is -0.363. The zero-order valence-corrected chi connectivity index (χ0v) is 13.5. The average molecular weight is 350 g/mol. The molecule has 0 atom stereocenters. The van der Waals surface area contributed by atoms with Crippen LogP contribution in [0.4, 0.5) is 0 Å². The van der Waals surface area contributed by atoms with Gasteiger partial charge in [0.2, 0.25) is 0 Å². The van der Waals surface area contributed by atoms with Crippen LogP contribution in [0.3, 0.4) is 0 Å². The number of nitrogens with two attached hydrogens (primary N) is 4. The zero-order chi connectivity index (χ0) is 16.2. The maximum Gasteiger partial charge on any atom is 0.483 e. The largest absolute Gasteiger partial charge is 0.483 e. The van der Waals surface area contributed by atoms with E-state index in [2.05, 4.69) is 0 Å². The number of phosphoric ester groups is 2. The van der Waals surface area contributed by atoms with Gasteiger partial charge in [-0.3, -0.25) is 18.1 Å². The van der Waals surface area contributed by atoms with Crippen LogP contribution >= 0.6 is 15.6 Å². The Balaban J connectivity index is 4.90. The summed E-state index contributed by atoms with van der Waals surface area (Å²) in [6, 6.07) is 0. The molecule has 0 spiro atoms. The first-order valence-electron chi connectivity index (χ1n) is 6.25. The maximum atomic E-state index is 12.3. The molecule has 0 fully saturated rings. The normalized spacial score (nSPS) is 12.8. The summed E-state index contributed by atoms with van der Waals surface area (Å²) >= 11 is 0. The second-order valence-electron chi connectivity index (χ2n) is 3.46. The topological polar surface area (TPSA) is 184 Å². The van der Waals surface area contributed by atoms with E-state index in [0.717, 1.165) is 0 Å². The smallest absolute Gasteiger partial charge is 0.328 e. The Labute approximate surface area is 123 Å². The molecular formula is C8H24N4O7P2. The van der Waals surface area contributed by atoms with Gasteiger partial charge in [-0.15, -0.1) is 0 Å². The molecule has 0 saturated carbocycles. The second kappa shape index (κ2) is 11.6. The Bertz CT molecular complexity index is 304. The summed E-state index contributed by atoms with van der Waals surface area (Å²) in [6.07, 6.45) is 0. The summed E-state index contributed by atoms with van der Waals surface area (Å²) in [7, 11) is -8.42. The van der Waals surface area contributed by atoms with Gasteiger partial charge in [-0.05, 0) is 0 Å². The molecule has 0 saturated heterocycles. The van der Waals surface area contributed by atoms with Crippen molar-refractivity contribution in [1.29, 1.82) is 0 Å². The first kappa shape index (κ1) is 21.1. The average Bonchev–Trinajstić information content (AvgIpc) is 2.47. The third-order valence-electron chi connectivity index (χ3n) is 1.67. The minimum atomic E-state index is -4.21. The molecule has 0 aliphatic heterocycles. The van der Waals surface area contributed by atoms with E-state index in [1.807, 2.05) is 0 Å². The Kier molecular flexibility index (Phi) is 11.7. The highest BCUT2D eigenvalue weighted by Gasteiger charge is 2.40. The van der Waals surface area contributed by atoms with E-state index in [0.29, 0.717) is 0 Å². The van der Waals surface area contributed by atoms with Gasteiger partial charge in [-0.2, -0.15) is 4.31 Å². The lowest BCUT2D eigenvalue weighted by atomic mass is 10.8. The van der Waals surface area contributed by atoms with Crippen molar-refractivity contribution in [2.45, 2.75) is 0 Å². The van der Waals surface area contributed by atoms with Crippen LogP contribution in [0, 0.1) is 0 Å². The van der Waals surface area contributed by atoms with Crippen LogP contribution < -0.4 is 22.9 Å². The van der Waals surface area contributed by atoms with E-state index < -0.39 is 15.6 Å². The predicted molar refractivity (Wildman–Crippen MR) is 76.3 cm³/mol. The molecule has 0 aromatic carbocycles. The van der Waals surface area contributed by atoms with Crippen molar-refractivity contribution in [3.8, 4) is 0 Å². The van der Waals surface area contributed by atoms with E-state index in [4.69, 9.17) is 45.3 Å². The molecule has 0 rings (SSSR count). The third kappa shape index (κ3) is 9.67. The lowest BCUT2D eigenvalue weighted by molar-refractivity contribution is 0.114. The number of phosphoric acid groups is 2. The molecule has 21 heavy (non-hydrogen) atoms. The monoisotopic (exact) mass is 350 g/mol. The van der Waals surface area contributed by atoms with E-state index in [9.17, 15) is 9.13 Å². The summed E-state index contributed by atoms with van der Waals surface area (Å²) in [5.74, 6) is 0. The Morgan fingerprint density at radius 3 is 1.00 bits per heavy atom. The molecule has 13 heteroatoms. The number of hydrogen-bond acceptors (Lipinski definition) is 11. The quantitative estimate of drug-likeness (QED) is 0.285. The molecule has 0 amide bonds. The lowest BCUT2D eigenvalue weighted by Crippen LogP contribution is -2.15. The van der Waals surface area contributed by atoms with Crippen molar-refractivity contribution in [2.24, 2.45) is 22.9 Å². The zero-order valence-electron chi connectivity index (χ0n) is 11.7. The fourth-order valence-electron chi connectivity index (χ4n) is 0.949. The van der Waals surface area contributed by atoms with Gasteiger partial charge in [-0.1, -0.05) is 0 Å². The summed E-state index contributed by atoms with van der Waals surface area (Å²) in [4.78, 5) is 0. The molecule has 128 valence electrons. The predicted octanol–water partition coefficient (Wildman–Crippen LogP) is -0.880. The Morgan fingerprint density at radius 2 is 0.810 bits per heavy atom. The first-order chi connectivity index (χ1) is 9.95. The van der Waals surface area contributed by atoms with Gasteiger partial charge in [0.25, 0.3) is 0 Å². The van der Waals surface area contributed by atoms with Gasteiger partial charge >= 0.3 is 15.6 Å². The van der Waals surface area contributed by atoms with Crippen molar-refractivity contribution in [1.82, 2.24) is 0 Å². The van der Waals surface area contributed by atoms with Crippen molar-refractivity contribution < 1.29 is 31.5 Å². The van der Waals surface area contributed by atoms with Crippen LogP contribution in [0.2, 0.25) is 0 Å². The number of hydrogen-bond donors (Lipinski definition) is 4. The van der Waals surface area contributed by atoms with Crippen molar-refractivity contribution in [3.05, 3.63) is 0 Å². The molecule has 0 aromatic rings. The fourth-order valence-corrected chi connectivity index (χ4v) is 4.15. The molecule has 0 radical (unpaired) electrons. The van der Waals surface area contributed by atoms with Gasteiger partial charge < -0.3 is 22.9 Å². The summed E-state index contributed by atoms with van der Waals surface area (Å²) in [5.41, 5.74) is 21.0. The summed E-state index contributed by atoms with van der Waals surface area (Å²) < 4.78 is 48.9. The minimum Gasteiger partial charge on any atom is -0.328 e. The van der Waals surface area contributed by atoms with Crippen molar-refractivity contribution >= 4 is 15.6 Å². The van der Waals surface area contributed by atoms with Crippen LogP contribution in [0.25, 0.3) is 0 Å². The van der Waals surface area contributed by atoms with Crippen LogP contribution in [0.1, 0.15) is 0 Å². The third-order valence-corrected chi connectivity index (χ3v) is 5.26. The van der Waals surface area contributed by atoms with E-state index in [1.54, 1.807) is 0 Å². The highest BCUT2D eigenvalue weighted by Crippen LogP contribution is 2.65. The molecule has 0 aliphatic carbocycles. The standard InChI is InChI=1S/C8H24N4O7P2/c9-1-5-15-20(13,16-6-2-10)19-21(14,17-7-3-11)18-8-4-12/h1-12H2. The molecule has 0 aromatic heterocycles. The van der Waals surface area contributed by atoms with Crippen LogP contribution in [-0.2, 0) is 31.5 Å². The summed E-state index contributed by atoms with van der Waals surface area (Å²) in [5, 5.41) is 0. The van der Waals surface area contributed by atoms with Crippen molar-refractivity contribution in [2.75, 3.05) is 52.6 Å². The first-order valence-corrected chi connectivity index (χ1v) is 9.17. The lowest BCUT2D eigenvalue weighted by Gasteiger charge is -2.22. The SMILES string of the molecule is NCCOP(=O)(OCCN)OP(=O)(OCCN)OCCN. The molecule has 0 bridgehead atoms. The molecule has 0 heterocycles. The van der Waals surface area contributed by atoms with E-state index in [1.165, 1.54) is 0 Å². The van der Waals surface area contributed by atoms with Crippen LogP contribution in [0.15, 0.2) is 0 Å². The van der Waals surface area contributed by atoms with Gasteiger partial charge in [0, 0.05) is 26.2 Å². The van der Waals surface area contributed by atoms with E-state index in [-0.39, 0.29) is 52.6 Å². The molecule has 0 unspecified atom stereocenters.